The Morgan fingerprint density at radius 3 is 2.35 bits per heavy atom. The Labute approximate surface area is 106 Å². The molecule has 0 unspecified atom stereocenters. The van der Waals surface area contributed by atoms with E-state index in [9.17, 15) is 0 Å². The molecule has 96 valence electrons. The van der Waals surface area contributed by atoms with Gasteiger partial charge in [0, 0.05) is 12.2 Å². The number of nitrogens with two attached hydrogens (primary N) is 1. The maximum absolute atomic E-state index is 5.69. The van der Waals surface area contributed by atoms with Crippen molar-refractivity contribution in [3.05, 3.63) is 29.8 Å². The molecular formula is C15H26N2. The molecule has 0 aromatic heterocycles. The summed E-state index contributed by atoms with van der Waals surface area (Å²) in [7, 11) is 0. The molecule has 2 nitrogen and oxygen atoms in total. The van der Waals surface area contributed by atoms with Crippen molar-refractivity contribution in [2.75, 3.05) is 18.8 Å². The highest BCUT2D eigenvalue weighted by atomic mass is 15.1. The van der Waals surface area contributed by atoms with Crippen LogP contribution in [0.2, 0.25) is 0 Å². The smallest absolute Gasteiger partial charge is 0.0314 e. The van der Waals surface area contributed by atoms with Crippen molar-refractivity contribution >= 4 is 5.69 Å². The van der Waals surface area contributed by atoms with Gasteiger partial charge in [0.2, 0.25) is 0 Å². The molecule has 0 bridgehead atoms. The van der Waals surface area contributed by atoms with Gasteiger partial charge in [-0.3, -0.25) is 4.90 Å². The lowest BCUT2D eigenvalue weighted by molar-refractivity contribution is 0.268. The highest BCUT2D eigenvalue weighted by molar-refractivity contribution is 5.39. The zero-order valence-electron chi connectivity index (χ0n) is 11.4. The summed E-state index contributed by atoms with van der Waals surface area (Å²) in [5, 5.41) is 0. The van der Waals surface area contributed by atoms with E-state index in [1.165, 1.54) is 24.9 Å². The summed E-state index contributed by atoms with van der Waals surface area (Å²) >= 11 is 0. The summed E-state index contributed by atoms with van der Waals surface area (Å²) in [6.07, 6.45) is 2.61. The van der Waals surface area contributed by atoms with E-state index in [-0.39, 0.29) is 0 Å². The lowest BCUT2D eigenvalue weighted by Gasteiger charge is -2.21. The molecule has 0 aliphatic carbocycles. The molecule has 1 rings (SSSR count). The third kappa shape index (κ3) is 5.73. The maximum Gasteiger partial charge on any atom is 0.0314 e. The summed E-state index contributed by atoms with van der Waals surface area (Å²) in [6.45, 7) is 10.1. The second-order valence-corrected chi connectivity index (χ2v) is 5.15. The van der Waals surface area contributed by atoms with Crippen LogP contribution in [0.15, 0.2) is 24.3 Å². The number of hydrogen-bond donors (Lipinski definition) is 1. The molecule has 0 heterocycles. The van der Waals surface area contributed by atoms with Crippen molar-refractivity contribution in [3.8, 4) is 0 Å². The Hall–Kier alpha value is -1.02. The number of hydrogen-bond acceptors (Lipinski definition) is 2. The lowest BCUT2D eigenvalue weighted by Crippen LogP contribution is -2.24. The van der Waals surface area contributed by atoms with E-state index in [0.29, 0.717) is 0 Å². The molecule has 0 amide bonds. The molecule has 0 atom stereocenters. The average Bonchev–Trinajstić information content (AvgIpc) is 2.30. The summed E-state index contributed by atoms with van der Waals surface area (Å²) in [6, 6.07) is 8.22. The number of benzene rings is 1. The van der Waals surface area contributed by atoms with Crippen LogP contribution in [-0.2, 0) is 6.54 Å². The van der Waals surface area contributed by atoms with E-state index in [1.54, 1.807) is 0 Å². The lowest BCUT2D eigenvalue weighted by atomic mass is 10.1. The molecule has 2 N–H and O–H groups in total. The van der Waals surface area contributed by atoms with Crippen molar-refractivity contribution in [2.24, 2.45) is 5.92 Å². The minimum atomic E-state index is 0.810. The molecule has 0 radical (unpaired) electrons. The van der Waals surface area contributed by atoms with E-state index in [1.807, 2.05) is 12.1 Å². The Morgan fingerprint density at radius 2 is 1.82 bits per heavy atom. The first-order valence-electron chi connectivity index (χ1n) is 6.68. The predicted octanol–water partition coefficient (Wildman–Crippen LogP) is 3.53. The maximum atomic E-state index is 5.69. The minimum absolute atomic E-state index is 0.810. The van der Waals surface area contributed by atoms with Crippen molar-refractivity contribution in [1.29, 1.82) is 0 Å². The Bertz CT molecular complexity index is 303. The van der Waals surface area contributed by atoms with Crippen LogP contribution in [0.3, 0.4) is 0 Å². The van der Waals surface area contributed by atoms with Gasteiger partial charge in [-0.05, 0) is 49.5 Å². The van der Waals surface area contributed by atoms with Gasteiger partial charge in [-0.25, -0.2) is 0 Å². The number of nitrogens with zero attached hydrogens (tertiary/aromatic N) is 1. The Morgan fingerprint density at radius 1 is 1.18 bits per heavy atom. The van der Waals surface area contributed by atoms with Gasteiger partial charge in [0.05, 0.1) is 0 Å². The monoisotopic (exact) mass is 234 g/mol. The normalized spacial score (nSPS) is 11.4. The quantitative estimate of drug-likeness (QED) is 0.731. The van der Waals surface area contributed by atoms with Gasteiger partial charge in [-0.1, -0.05) is 32.9 Å². The number of nitrogen functional groups attached to an aromatic ring is 1. The number of rotatable bonds is 7. The summed E-state index contributed by atoms with van der Waals surface area (Å²) in [5.41, 5.74) is 7.89. The van der Waals surface area contributed by atoms with Crippen LogP contribution in [0.25, 0.3) is 0 Å². The zero-order valence-corrected chi connectivity index (χ0v) is 11.4. The van der Waals surface area contributed by atoms with Gasteiger partial charge in [-0.15, -0.1) is 0 Å². The van der Waals surface area contributed by atoms with Crippen molar-refractivity contribution < 1.29 is 0 Å². The second kappa shape index (κ2) is 7.33. The average molecular weight is 234 g/mol. The number of anilines is 1. The fourth-order valence-electron chi connectivity index (χ4n) is 1.95. The third-order valence-electron chi connectivity index (χ3n) is 3.09. The zero-order chi connectivity index (χ0) is 12.7. The minimum Gasteiger partial charge on any atom is -0.399 e. The van der Waals surface area contributed by atoms with E-state index in [4.69, 9.17) is 5.73 Å². The molecule has 2 heteroatoms. The summed E-state index contributed by atoms with van der Waals surface area (Å²) < 4.78 is 0. The van der Waals surface area contributed by atoms with Gasteiger partial charge in [0.15, 0.2) is 0 Å². The van der Waals surface area contributed by atoms with Gasteiger partial charge in [0.1, 0.15) is 0 Å². The molecule has 0 saturated carbocycles. The summed E-state index contributed by atoms with van der Waals surface area (Å²) in [5.74, 6) is 0.810. The van der Waals surface area contributed by atoms with Crippen LogP contribution >= 0.6 is 0 Å². The largest absolute Gasteiger partial charge is 0.399 e. The second-order valence-electron chi connectivity index (χ2n) is 5.15. The van der Waals surface area contributed by atoms with Crippen LogP contribution in [-0.4, -0.2) is 18.0 Å². The first-order chi connectivity index (χ1) is 8.11. The highest BCUT2D eigenvalue weighted by Crippen LogP contribution is 2.10. The van der Waals surface area contributed by atoms with Gasteiger partial charge < -0.3 is 5.73 Å². The van der Waals surface area contributed by atoms with Crippen LogP contribution < -0.4 is 5.73 Å². The molecule has 0 aliphatic heterocycles. The Kier molecular flexibility index (Phi) is 6.06. The molecule has 1 aromatic rings. The van der Waals surface area contributed by atoms with E-state index in [2.05, 4.69) is 37.8 Å². The SMILES string of the molecule is CCN(CCCC(C)C)Cc1ccc(N)cc1. The van der Waals surface area contributed by atoms with Gasteiger partial charge >= 0.3 is 0 Å². The van der Waals surface area contributed by atoms with Crippen LogP contribution in [0.5, 0.6) is 0 Å². The van der Waals surface area contributed by atoms with E-state index >= 15 is 0 Å². The fraction of sp³-hybridized carbons (Fsp3) is 0.600. The highest BCUT2D eigenvalue weighted by Gasteiger charge is 2.04. The third-order valence-corrected chi connectivity index (χ3v) is 3.09. The Balaban J connectivity index is 2.38. The van der Waals surface area contributed by atoms with Crippen LogP contribution in [0.4, 0.5) is 5.69 Å². The molecule has 0 saturated heterocycles. The molecule has 0 fully saturated rings. The van der Waals surface area contributed by atoms with Crippen molar-refractivity contribution in [1.82, 2.24) is 4.90 Å². The first-order valence-corrected chi connectivity index (χ1v) is 6.68. The molecule has 0 spiro atoms. The van der Waals surface area contributed by atoms with Crippen molar-refractivity contribution in [3.63, 3.8) is 0 Å². The summed E-state index contributed by atoms with van der Waals surface area (Å²) in [4.78, 5) is 2.49. The fourth-order valence-corrected chi connectivity index (χ4v) is 1.95. The van der Waals surface area contributed by atoms with E-state index in [0.717, 1.165) is 24.7 Å². The van der Waals surface area contributed by atoms with Crippen molar-refractivity contribution in [2.45, 2.75) is 40.2 Å². The molecule has 0 aliphatic rings. The topological polar surface area (TPSA) is 29.3 Å². The molecule has 17 heavy (non-hydrogen) atoms. The standard InChI is InChI=1S/C15H26N2/c1-4-17(11-5-6-13(2)3)12-14-7-9-15(16)10-8-14/h7-10,13H,4-6,11-12,16H2,1-3H3. The predicted molar refractivity (Wildman–Crippen MR) is 75.9 cm³/mol. The first kappa shape index (κ1) is 14.0. The van der Waals surface area contributed by atoms with Gasteiger partial charge in [-0.2, -0.15) is 0 Å². The van der Waals surface area contributed by atoms with E-state index < -0.39 is 0 Å². The van der Waals surface area contributed by atoms with Crippen LogP contribution in [0, 0.1) is 5.92 Å². The molecule has 1 aromatic carbocycles. The van der Waals surface area contributed by atoms with Crippen LogP contribution in [0.1, 0.15) is 39.2 Å². The molecular weight excluding hydrogens is 208 g/mol. The van der Waals surface area contributed by atoms with Gasteiger partial charge in [0.25, 0.3) is 0 Å².